The summed E-state index contributed by atoms with van der Waals surface area (Å²) < 4.78 is 0. The van der Waals surface area contributed by atoms with Crippen molar-refractivity contribution in [2.24, 2.45) is 0 Å². The highest BCUT2D eigenvalue weighted by Gasteiger charge is 2.38. The normalized spacial score (nSPS) is 14.3. The lowest BCUT2D eigenvalue weighted by molar-refractivity contribution is 0.632. The van der Waals surface area contributed by atoms with E-state index in [1.165, 1.54) is 78.4 Å². The first-order valence-electron chi connectivity index (χ1n) is 19.7. The van der Waals surface area contributed by atoms with Crippen molar-refractivity contribution in [1.29, 1.82) is 0 Å². The van der Waals surface area contributed by atoms with Gasteiger partial charge in [-0.05, 0) is 128 Å². The summed E-state index contributed by atoms with van der Waals surface area (Å²) in [5.41, 5.74) is 19.8. The maximum absolute atomic E-state index is 2.42. The second kappa shape index (κ2) is 13.0. The third-order valence-corrected chi connectivity index (χ3v) is 12.2. The molecule has 8 aromatic rings. The highest BCUT2D eigenvalue weighted by molar-refractivity contribution is 5.89. The number of fused-ring (bicyclic) bond motifs is 5. The van der Waals surface area contributed by atoms with Crippen LogP contribution in [0.2, 0.25) is 0 Å². The molecule has 2 heteroatoms. The fourth-order valence-electron chi connectivity index (χ4n) is 9.24. The zero-order valence-corrected chi connectivity index (χ0v) is 32.4. The summed E-state index contributed by atoms with van der Waals surface area (Å²) in [6, 6.07) is 71.1. The average molecular weight is 721 g/mol. The molecule has 2 nitrogen and oxygen atoms in total. The minimum atomic E-state index is -0.155. The Kier molecular flexibility index (Phi) is 7.87. The SMILES string of the molecule is CC1(C)c2cc(-c3ccc(-c4ccc5c(c4)C(C)(C)c4ccccc4N5c4ccccc4)cc3)ccc2-c2ccc(N(c3ccccc3)c3ccccc3)cc21. The third kappa shape index (κ3) is 5.39. The molecule has 0 bridgehead atoms. The Labute approximate surface area is 331 Å². The lowest BCUT2D eigenvalue weighted by Crippen LogP contribution is -2.30. The average Bonchev–Trinajstić information content (AvgIpc) is 3.47. The highest BCUT2D eigenvalue weighted by atomic mass is 15.2. The van der Waals surface area contributed by atoms with Gasteiger partial charge in [0.15, 0.2) is 0 Å². The molecule has 0 fully saturated rings. The quantitative estimate of drug-likeness (QED) is 0.169. The zero-order chi connectivity index (χ0) is 38.0. The van der Waals surface area contributed by atoms with E-state index in [0.717, 1.165) is 11.4 Å². The maximum Gasteiger partial charge on any atom is 0.0503 e. The van der Waals surface area contributed by atoms with Gasteiger partial charge < -0.3 is 9.80 Å². The first-order valence-corrected chi connectivity index (χ1v) is 19.7. The van der Waals surface area contributed by atoms with Crippen molar-refractivity contribution < 1.29 is 0 Å². The third-order valence-electron chi connectivity index (χ3n) is 12.2. The smallest absolute Gasteiger partial charge is 0.0503 e. The summed E-state index contributed by atoms with van der Waals surface area (Å²) >= 11 is 0. The molecular weight excluding hydrogens is 677 g/mol. The van der Waals surface area contributed by atoms with Crippen molar-refractivity contribution in [2.45, 2.75) is 38.5 Å². The number of benzene rings is 8. The van der Waals surface area contributed by atoms with E-state index in [1.54, 1.807) is 0 Å². The number of para-hydroxylation sites is 4. The molecular formula is C54H44N2. The molecule has 0 atom stereocenters. The zero-order valence-electron chi connectivity index (χ0n) is 32.4. The largest absolute Gasteiger partial charge is 0.310 e. The van der Waals surface area contributed by atoms with Crippen LogP contribution < -0.4 is 9.80 Å². The monoisotopic (exact) mass is 720 g/mol. The van der Waals surface area contributed by atoms with Crippen molar-refractivity contribution in [3.63, 3.8) is 0 Å². The Morgan fingerprint density at radius 2 is 0.786 bits per heavy atom. The Morgan fingerprint density at radius 3 is 1.41 bits per heavy atom. The van der Waals surface area contributed by atoms with Crippen LogP contribution in [0.5, 0.6) is 0 Å². The van der Waals surface area contributed by atoms with Gasteiger partial charge >= 0.3 is 0 Å². The van der Waals surface area contributed by atoms with Crippen LogP contribution in [0, 0.1) is 0 Å². The number of rotatable bonds is 6. The Balaban J connectivity index is 0.975. The van der Waals surface area contributed by atoms with Crippen LogP contribution in [0.15, 0.2) is 194 Å². The minimum absolute atomic E-state index is 0.149. The molecule has 0 radical (unpaired) electrons. The molecule has 1 aliphatic carbocycles. The van der Waals surface area contributed by atoms with Gasteiger partial charge in [0.2, 0.25) is 0 Å². The summed E-state index contributed by atoms with van der Waals surface area (Å²) in [5, 5.41) is 0. The van der Waals surface area contributed by atoms with Crippen molar-refractivity contribution in [2.75, 3.05) is 9.80 Å². The van der Waals surface area contributed by atoms with Crippen LogP contribution in [0.25, 0.3) is 33.4 Å². The van der Waals surface area contributed by atoms with E-state index < -0.39 is 0 Å². The van der Waals surface area contributed by atoms with Gasteiger partial charge in [0.1, 0.15) is 0 Å². The summed E-state index contributed by atoms with van der Waals surface area (Å²) in [5.74, 6) is 0. The van der Waals surface area contributed by atoms with Gasteiger partial charge in [-0.25, -0.2) is 0 Å². The first-order chi connectivity index (χ1) is 27.3. The van der Waals surface area contributed by atoms with Crippen molar-refractivity contribution in [3.05, 3.63) is 216 Å². The Morgan fingerprint density at radius 1 is 0.339 bits per heavy atom. The maximum atomic E-state index is 2.42. The number of nitrogens with zero attached hydrogens (tertiary/aromatic N) is 2. The van der Waals surface area contributed by atoms with Crippen molar-refractivity contribution in [1.82, 2.24) is 0 Å². The van der Waals surface area contributed by atoms with Crippen LogP contribution in [0.3, 0.4) is 0 Å². The molecule has 8 aromatic carbocycles. The molecule has 0 spiro atoms. The molecule has 0 N–H and O–H groups in total. The van der Waals surface area contributed by atoms with Crippen molar-refractivity contribution in [3.8, 4) is 33.4 Å². The molecule has 1 heterocycles. The van der Waals surface area contributed by atoms with E-state index in [4.69, 9.17) is 0 Å². The molecule has 0 saturated heterocycles. The van der Waals surface area contributed by atoms with E-state index >= 15 is 0 Å². The van der Waals surface area contributed by atoms with Crippen LogP contribution >= 0.6 is 0 Å². The molecule has 0 amide bonds. The van der Waals surface area contributed by atoms with Crippen LogP contribution in [-0.4, -0.2) is 0 Å². The molecule has 0 unspecified atom stereocenters. The second-order valence-electron chi connectivity index (χ2n) is 16.2. The topological polar surface area (TPSA) is 6.48 Å². The molecule has 56 heavy (non-hydrogen) atoms. The number of hydrogen-bond donors (Lipinski definition) is 0. The van der Waals surface area contributed by atoms with E-state index in [0.29, 0.717) is 0 Å². The standard InChI is InChI=1S/C54H44N2/c1-53(2)47-22-14-15-23-51(47)56(43-20-12-7-13-21-43)52-33-29-40(35-50(52)53)38-26-24-37(25-27-38)39-28-31-45-46-32-30-44(36-49(46)54(3,4)48(45)34-39)55(41-16-8-5-9-17-41)42-18-10-6-11-19-42/h5-36H,1-4H3. The van der Waals surface area contributed by atoms with Gasteiger partial charge in [-0.2, -0.15) is 0 Å². The lowest BCUT2D eigenvalue weighted by atomic mass is 9.73. The van der Waals surface area contributed by atoms with E-state index in [-0.39, 0.29) is 10.8 Å². The van der Waals surface area contributed by atoms with Crippen LogP contribution in [0.4, 0.5) is 34.1 Å². The fraction of sp³-hybridized carbons (Fsp3) is 0.111. The summed E-state index contributed by atoms with van der Waals surface area (Å²) in [4.78, 5) is 4.77. The highest BCUT2D eigenvalue weighted by Crippen LogP contribution is 2.54. The van der Waals surface area contributed by atoms with Gasteiger partial charge in [0, 0.05) is 33.6 Å². The van der Waals surface area contributed by atoms with Gasteiger partial charge in [-0.3, -0.25) is 0 Å². The number of anilines is 6. The van der Waals surface area contributed by atoms with Crippen LogP contribution in [-0.2, 0) is 10.8 Å². The Bertz CT molecular complexity index is 2690. The fourth-order valence-corrected chi connectivity index (χ4v) is 9.24. The first kappa shape index (κ1) is 33.9. The summed E-state index contributed by atoms with van der Waals surface area (Å²) in [6.45, 7) is 9.46. The van der Waals surface area contributed by atoms with Gasteiger partial charge in [0.25, 0.3) is 0 Å². The Hall–Kier alpha value is -6.64. The predicted molar refractivity (Wildman–Crippen MR) is 236 cm³/mol. The molecule has 1 aliphatic heterocycles. The molecule has 270 valence electrons. The van der Waals surface area contributed by atoms with E-state index in [9.17, 15) is 0 Å². The van der Waals surface area contributed by atoms with Crippen molar-refractivity contribution >= 4 is 34.1 Å². The molecule has 0 saturated carbocycles. The summed E-state index contributed by atoms with van der Waals surface area (Å²) in [7, 11) is 0. The molecule has 2 aliphatic rings. The second-order valence-corrected chi connectivity index (χ2v) is 16.2. The van der Waals surface area contributed by atoms with Gasteiger partial charge in [0.05, 0.1) is 11.4 Å². The minimum Gasteiger partial charge on any atom is -0.310 e. The molecule has 10 rings (SSSR count). The lowest BCUT2D eigenvalue weighted by Gasteiger charge is -2.42. The summed E-state index contributed by atoms with van der Waals surface area (Å²) in [6.07, 6.45) is 0. The number of hydrogen-bond acceptors (Lipinski definition) is 2. The molecule has 0 aromatic heterocycles. The van der Waals surface area contributed by atoms with E-state index in [2.05, 4.69) is 232 Å². The van der Waals surface area contributed by atoms with Gasteiger partial charge in [-0.15, -0.1) is 0 Å². The predicted octanol–water partition coefficient (Wildman–Crippen LogP) is 14.9. The van der Waals surface area contributed by atoms with Crippen LogP contribution in [0.1, 0.15) is 49.9 Å². The van der Waals surface area contributed by atoms with Gasteiger partial charge in [-0.1, -0.05) is 149 Å². The van der Waals surface area contributed by atoms with E-state index in [1.807, 2.05) is 0 Å².